The molecule has 1 aromatic heterocycles. The van der Waals surface area contributed by atoms with E-state index in [1.165, 1.54) is 75.8 Å². The highest BCUT2D eigenvalue weighted by atomic mass is 32.1. The van der Waals surface area contributed by atoms with Crippen molar-refractivity contribution in [1.82, 2.24) is 0 Å². The molecule has 0 bridgehead atoms. The van der Waals surface area contributed by atoms with Crippen molar-refractivity contribution in [2.24, 2.45) is 0 Å². The number of para-hydroxylation sites is 2. The van der Waals surface area contributed by atoms with Crippen LogP contribution < -0.4 is 20.6 Å². The SMILES string of the molecule is CCCCc1ccc2sc3c(c2c1)C(C)(C)c1cc2c(c4c1B3c1ccccc1N4c1ccccc1)CC2. The van der Waals surface area contributed by atoms with Gasteiger partial charge in [0, 0.05) is 27.2 Å². The van der Waals surface area contributed by atoms with Crippen molar-refractivity contribution in [2.45, 2.75) is 58.3 Å². The number of nitrogens with zero attached hydrogens (tertiary/aromatic N) is 1. The normalized spacial score (nSPS) is 16.0. The van der Waals surface area contributed by atoms with E-state index in [-0.39, 0.29) is 5.41 Å². The third-order valence-corrected chi connectivity index (χ3v) is 10.6. The third kappa shape index (κ3) is 2.94. The minimum atomic E-state index is -0.0448. The molecule has 0 radical (unpaired) electrons. The molecule has 0 saturated carbocycles. The number of hydrogen-bond acceptors (Lipinski definition) is 2. The maximum atomic E-state index is 2.59. The second-order valence-corrected chi connectivity index (χ2v) is 13.0. The highest BCUT2D eigenvalue weighted by molar-refractivity contribution is 7.32. The molecular weight excluding hydrogens is 477 g/mol. The van der Waals surface area contributed by atoms with E-state index in [1.807, 2.05) is 11.3 Å². The number of fused-ring (bicyclic) bond motifs is 8. The molecule has 0 amide bonds. The summed E-state index contributed by atoms with van der Waals surface area (Å²) in [6, 6.07) is 30.1. The van der Waals surface area contributed by atoms with Gasteiger partial charge in [0.15, 0.2) is 0 Å². The number of unbranched alkanes of at least 4 members (excludes halogenated alkanes) is 1. The predicted molar refractivity (Wildman–Crippen MR) is 166 cm³/mol. The fourth-order valence-corrected chi connectivity index (χ4v) is 8.92. The molecular formula is C35H32BNS. The van der Waals surface area contributed by atoms with Crippen LogP contribution in [0.3, 0.4) is 0 Å². The van der Waals surface area contributed by atoms with Gasteiger partial charge in [0.2, 0.25) is 0 Å². The molecule has 0 spiro atoms. The molecule has 1 aliphatic carbocycles. The van der Waals surface area contributed by atoms with E-state index in [0.29, 0.717) is 6.71 Å². The predicted octanol–water partition coefficient (Wildman–Crippen LogP) is 7.28. The molecule has 2 aliphatic heterocycles. The molecule has 38 heavy (non-hydrogen) atoms. The third-order valence-electron chi connectivity index (χ3n) is 9.36. The van der Waals surface area contributed by atoms with Crippen LogP contribution in [0.4, 0.5) is 17.1 Å². The number of benzene rings is 4. The molecule has 0 N–H and O–H groups in total. The van der Waals surface area contributed by atoms with E-state index in [1.54, 1.807) is 26.9 Å². The van der Waals surface area contributed by atoms with Gasteiger partial charge in [0.25, 0.3) is 6.71 Å². The summed E-state index contributed by atoms with van der Waals surface area (Å²) in [5.74, 6) is 0. The fraction of sp³-hybridized carbons (Fsp3) is 0.257. The maximum absolute atomic E-state index is 2.59. The van der Waals surface area contributed by atoms with Crippen LogP contribution in [-0.2, 0) is 24.7 Å². The molecule has 3 aliphatic rings. The maximum Gasteiger partial charge on any atom is 0.259 e. The first-order chi connectivity index (χ1) is 18.6. The van der Waals surface area contributed by atoms with Gasteiger partial charge >= 0.3 is 0 Å². The average molecular weight is 510 g/mol. The zero-order valence-corrected chi connectivity index (χ0v) is 23.3. The number of aryl methyl sites for hydroxylation is 2. The van der Waals surface area contributed by atoms with E-state index < -0.39 is 0 Å². The van der Waals surface area contributed by atoms with Crippen LogP contribution in [0.25, 0.3) is 10.1 Å². The van der Waals surface area contributed by atoms with Gasteiger partial charge in [-0.2, -0.15) is 0 Å². The van der Waals surface area contributed by atoms with Crippen molar-refractivity contribution in [3.8, 4) is 0 Å². The lowest BCUT2D eigenvalue weighted by Gasteiger charge is -2.47. The van der Waals surface area contributed by atoms with Crippen molar-refractivity contribution < 1.29 is 0 Å². The number of rotatable bonds is 4. The topological polar surface area (TPSA) is 3.24 Å². The van der Waals surface area contributed by atoms with Crippen LogP contribution in [0.5, 0.6) is 0 Å². The Morgan fingerprint density at radius 2 is 1.74 bits per heavy atom. The first kappa shape index (κ1) is 22.7. The van der Waals surface area contributed by atoms with Crippen LogP contribution in [0, 0.1) is 0 Å². The first-order valence-corrected chi connectivity index (χ1v) is 15.1. The van der Waals surface area contributed by atoms with E-state index in [4.69, 9.17) is 0 Å². The van der Waals surface area contributed by atoms with Crippen LogP contribution >= 0.6 is 11.3 Å². The van der Waals surface area contributed by atoms with Gasteiger partial charge in [-0.25, -0.2) is 0 Å². The van der Waals surface area contributed by atoms with Crippen LogP contribution in [0.1, 0.15) is 61.4 Å². The minimum Gasteiger partial charge on any atom is -0.311 e. The van der Waals surface area contributed by atoms with Crippen LogP contribution in [0.2, 0.25) is 0 Å². The van der Waals surface area contributed by atoms with Gasteiger partial charge in [-0.15, -0.1) is 11.3 Å². The van der Waals surface area contributed by atoms with Gasteiger partial charge in [-0.3, -0.25) is 0 Å². The molecule has 8 rings (SSSR count). The largest absolute Gasteiger partial charge is 0.311 e. The van der Waals surface area contributed by atoms with E-state index in [9.17, 15) is 0 Å². The Morgan fingerprint density at radius 3 is 2.53 bits per heavy atom. The Labute approximate surface area is 230 Å². The number of anilines is 3. The molecule has 1 nitrogen and oxygen atoms in total. The number of thiophene rings is 1. The summed E-state index contributed by atoms with van der Waals surface area (Å²) < 4.78 is 3.00. The van der Waals surface area contributed by atoms with E-state index in [0.717, 1.165) is 0 Å². The Morgan fingerprint density at radius 1 is 0.921 bits per heavy atom. The summed E-state index contributed by atoms with van der Waals surface area (Å²) in [6.45, 7) is 7.56. The Kier molecular flexibility index (Phi) is 4.83. The smallest absolute Gasteiger partial charge is 0.259 e. The van der Waals surface area contributed by atoms with E-state index in [2.05, 4.69) is 105 Å². The standard InChI is InChI=1S/C35H32BNS/c1-4-5-11-22-16-19-30-26(20-22)31-34(38-30)36-28-14-9-10-15-29(28)37(24-12-7-6-8-13-24)33-25-18-17-23(25)21-27(32(33)36)35(31,2)3/h6-10,12-16,19-21H,4-5,11,17-18H2,1-3H3. The summed E-state index contributed by atoms with van der Waals surface area (Å²) in [5.41, 5.74) is 14.7. The van der Waals surface area contributed by atoms with Crippen LogP contribution in [0.15, 0.2) is 78.9 Å². The van der Waals surface area contributed by atoms with Crippen molar-refractivity contribution in [2.75, 3.05) is 4.90 Å². The molecule has 0 saturated heterocycles. The Balaban J connectivity index is 1.47. The average Bonchev–Trinajstić information content (AvgIpc) is 3.30. The summed E-state index contributed by atoms with van der Waals surface area (Å²) in [5, 5.41) is 1.49. The lowest BCUT2D eigenvalue weighted by Crippen LogP contribution is -2.63. The second kappa shape index (κ2) is 8.10. The van der Waals surface area contributed by atoms with Crippen molar-refractivity contribution in [3.63, 3.8) is 0 Å². The van der Waals surface area contributed by atoms with Crippen molar-refractivity contribution in [3.05, 3.63) is 107 Å². The van der Waals surface area contributed by atoms with Gasteiger partial charge in [0.1, 0.15) is 0 Å². The molecule has 0 unspecified atom stereocenters. The van der Waals surface area contributed by atoms with Gasteiger partial charge in [0.05, 0.1) is 0 Å². The summed E-state index contributed by atoms with van der Waals surface area (Å²) in [4.78, 5) is 2.58. The molecule has 0 atom stereocenters. The van der Waals surface area contributed by atoms with Crippen molar-refractivity contribution >= 4 is 60.9 Å². The molecule has 186 valence electrons. The highest BCUT2D eigenvalue weighted by Crippen LogP contribution is 2.49. The fourth-order valence-electron chi connectivity index (χ4n) is 7.44. The summed E-state index contributed by atoms with van der Waals surface area (Å²) >= 11 is 2.04. The summed E-state index contributed by atoms with van der Waals surface area (Å²) in [7, 11) is 0. The molecule has 5 aromatic rings. The van der Waals surface area contributed by atoms with Crippen molar-refractivity contribution in [1.29, 1.82) is 0 Å². The Bertz CT molecular complexity index is 1750. The molecule has 3 heterocycles. The molecule has 3 heteroatoms. The first-order valence-electron chi connectivity index (χ1n) is 14.3. The minimum absolute atomic E-state index is 0.0448. The highest BCUT2D eigenvalue weighted by Gasteiger charge is 2.49. The van der Waals surface area contributed by atoms with Gasteiger partial charge in [-0.1, -0.05) is 81.8 Å². The summed E-state index contributed by atoms with van der Waals surface area (Å²) in [6.07, 6.45) is 6.04. The van der Waals surface area contributed by atoms with Gasteiger partial charge < -0.3 is 4.90 Å². The lowest BCUT2D eigenvalue weighted by molar-refractivity contribution is 0.648. The lowest BCUT2D eigenvalue weighted by atomic mass is 9.32. The number of hydrogen-bond donors (Lipinski definition) is 0. The zero-order valence-electron chi connectivity index (χ0n) is 22.5. The van der Waals surface area contributed by atoms with Gasteiger partial charge in [-0.05, 0) is 98.9 Å². The monoisotopic (exact) mass is 509 g/mol. The molecule has 4 aromatic carbocycles. The van der Waals surface area contributed by atoms with E-state index >= 15 is 0 Å². The zero-order chi connectivity index (χ0) is 25.6. The molecule has 0 fully saturated rings. The quantitative estimate of drug-likeness (QED) is 0.226. The second-order valence-electron chi connectivity index (χ2n) is 11.9. The Hall–Kier alpha value is -3.30. The van der Waals surface area contributed by atoms with Crippen LogP contribution in [-0.4, -0.2) is 6.71 Å².